The summed E-state index contributed by atoms with van der Waals surface area (Å²) in [4.78, 5) is 21.0. The smallest absolute Gasteiger partial charge is 0.151 e. The molecule has 1 atom stereocenters. The van der Waals surface area contributed by atoms with E-state index in [0.29, 0.717) is 22.4 Å². The lowest BCUT2D eigenvalue weighted by molar-refractivity contribution is -0.108. The number of rotatable bonds is 3. The molecule has 0 aliphatic rings. The first kappa shape index (κ1) is 9.93. The van der Waals surface area contributed by atoms with Crippen molar-refractivity contribution in [1.29, 1.82) is 0 Å². The molecule has 0 aliphatic carbocycles. The van der Waals surface area contributed by atoms with Gasteiger partial charge in [-0.3, -0.25) is 4.79 Å². The molecule has 0 aromatic heterocycles. The van der Waals surface area contributed by atoms with Gasteiger partial charge in [-0.25, -0.2) is 0 Å². The van der Waals surface area contributed by atoms with Gasteiger partial charge in [0.25, 0.3) is 0 Å². The molecule has 13 heavy (non-hydrogen) atoms. The highest BCUT2D eigenvalue weighted by molar-refractivity contribution is 6.33. The van der Waals surface area contributed by atoms with Gasteiger partial charge in [0.2, 0.25) is 0 Å². The summed E-state index contributed by atoms with van der Waals surface area (Å²) < 4.78 is 0. The minimum absolute atomic E-state index is 0.271. The van der Waals surface area contributed by atoms with Gasteiger partial charge in [0.15, 0.2) is 6.29 Å². The Labute approximate surface area is 81.5 Å². The highest BCUT2D eigenvalue weighted by atomic mass is 35.5. The number of carbonyl (C=O) groups excluding carboxylic acids is 2. The molecule has 3 heteroatoms. The molecule has 0 saturated carbocycles. The quantitative estimate of drug-likeness (QED) is 0.696. The zero-order valence-electron chi connectivity index (χ0n) is 7.16. The number of carbonyl (C=O) groups is 2. The van der Waals surface area contributed by atoms with E-state index in [2.05, 4.69) is 0 Å². The summed E-state index contributed by atoms with van der Waals surface area (Å²) in [5, 5.41) is 0.372. The molecule has 0 bridgehead atoms. The van der Waals surface area contributed by atoms with Gasteiger partial charge in [0.05, 0.1) is 5.02 Å². The van der Waals surface area contributed by atoms with E-state index in [-0.39, 0.29) is 5.92 Å². The lowest BCUT2D eigenvalue weighted by atomic mass is 10.0. The summed E-state index contributed by atoms with van der Waals surface area (Å²) in [7, 11) is 0. The summed E-state index contributed by atoms with van der Waals surface area (Å²) in [6.07, 6.45) is 1.49. The van der Waals surface area contributed by atoms with Crippen molar-refractivity contribution in [2.75, 3.05) is 0 Å². The molecule has 0 fully saturated rings. The maximum Gasteiger partial charge on any atom is 0.151 e. The summed E-state index contributed by atoms with van der Waals surface area (Å²) in [6, 6.07) is 5.08. The molecule has 1 aromatic rings. The normalized spacial score (nSPS) is 12.2. The Balaban J connectivity index is 3.22. The van der Waals surface area contributed by atoms with Crippen molar-refractivity contribution in [3.05, 3.63) is 34.3 Å². The topological polar surface area (TPSA) is 34.1 Å². The van der Waals surface area contributed by atoms with Gasteiger partial charge in [-0.2, -0.15) is 0 Å². The van der Waals surface area contributed by atoms with Gasteiger partial charge >= 0.3 is 0 Å². The molecule has 0 N–H and O–H groups in total. The number of aldehydes is 2. The van der Waals surface area contributed by atoms with E-state index in [1.165, 1.54) is 0 Å². The van der Waals surface area contributed by atoms with E-state index < -0.39 is 0 Å². The first-order chi connectivity index (χ1) is 6.20. The molecule has 1 unspecified atom stereocenters. The Morgan fingerprint density at radius 2 is 2.08 bits per heavy atom. The molecule has 0 amide bonds. The van der Waals surface area contributed by atoms with Crippen LogP contribution in [0.5, 0.6) is 0 Å². The molecule has 1 rings (SSSR count). The predicted octanol–water partition coefficient (Wildman–Crippen LogP) is 2.45. The molecule has 0 radical (unpaired) electrons. The number of hydrogen-bond acceptors (Lipinski definition) is 2. The molecule has 1 aromatic carbocycles. The van der Waals surface area contributed by atoms with Crippen molar-refractivity contribution >= 4 is 24.2 Å². The maximum atomic E-state index is 10.5. The molecule has 68 valence electrons. The molecular formula is C10H9ClO2. The lowest BCUT2D eigenvalue weighted by Gasteiger charge is -2.07. The van der Waals surface area contributed by atoms with Crippen molar-refractivity contribution in [3.63, 3.8) is 0 Å². The molecule has 0 aliphatic heterocycles. The molecule has 0 heterocycles. The minimum atomic E-state index is -0.271. The average molecular weight is 197 g/mol. The molecule has 0 saturated heterocycles. The SMILES string of the molecule is CC(C=O)c1cccc(C=O)c1Cl. The van der Waals surface area contributed by atoms with E-state index in [1.807, 2.05) is 0 Å². The standard InChI is InChI=1S/C10H9ClO2/c1-7(5-12)9-4-2-3-8(6-13)10(9)11/h2-7H,1H3. The first-order valence-electron chi connectivity index (χ1n) is 3.89. The Bertz CT molecular complexity index is 334. The summed E-state index contributed by atoms with van der Waals surface area (Å²) in [5.41, 5.74) is 1.12. The van der Waals surface area contributed by atoms with Gasteiger partial charge in [-0.05, 0) is 5.56 Å². The summed E-state index contributed by atoms with van der Waals surface area (Å²) in [5.74, 6) is -0.271. The predicted molar refractivity (Wildman–Crippen MR) is 51.3 cm³/mol. The molecule has 2 nitrogen and oxygen atoms in total. The lowest BCUT2D eigenvalue weighted by Crippen LogP contribution is -1.97. The second-order valence-corrected chi connectivity index (χ2v) is 3.17. The molecular weight excluding hydrogens is 188 g/mol. The number of benzene rings is 1. The first-order valence-corrected chi connectivity index (χ1v) is 4.27. The Morgan fingerprint density at radius 1 is 1.38 bits per heavy atom. The van der Waals surface area contributed by atoms with E-state index in [4.69, 9.17) is 11.6 Å². The van der Waals surface area contributed by atoms with Crippen LogP contribution in [0, 0.1) is 0 Å². The van der Waals surface area contributed by atoms with Gasteiger partial charge in [0, 0.05) is 11.5 Å². The van der Waals surface area contributed by atoms with Crippen LogP contribution in [0.25, 0.3) is 0 Å². The van der Waals surface area contributed by atoms with Crippen molar-refractivity contribution < 1.29 is 9.59 Å². The summed E-state index contributed by atoms with van der Waals surface area (Å²) >= 11 is 5.89. The van der Waals surface area contributed by atoms with E-state index in [1.54, 1.807) is 25.1 Å². The van der Waals surface area contributed by atoms with Crippen LogP contribution in [-0.2, 0) is 4.79 Å². The van der Waals surface area contributed by atoms with E-state index in [9.17, 15) is 9.59 Å². The van der Waals surface area contributed by atoms with Crippen LogP contribution >= 0.6 is 11.6 Å². The van der Waals surface area contributed by atoms with Crippen LogP contribution in [0.15, 0.2) is 18.2 Å². The third-order valence-electron chi connectivity index (χ3n) is 1.88. The van der Waals surface area contributed by atoms with Crippen molar-refractivity contribution in [2.24, 2.45) is 0 Å². The van der Waals surface area contributed by atoms with E-state index >= 15 is 0 Å². The van der Waals surface area contributed by atoms with Crippen molar-refractivity contribution in [1.82, 2.24) is 0 Å². The van der Waals surface area contributed by atoms with Crippen LogP contribution in [-0.4, -0.2) is 12.6 Å². The average Bonchev–Trinajstić information content (AvgIpc) is 2.17. The highest BCUT2D eigenvalue weighted by Crippen LogP contribution is 2.25. The monoisotopic (exact) mass is 196 g/mol. The summed E-state index contributed by atoms with van der Waals surface area (Å²) in [6.45, 7) is 1.74. The third kappa shape index (κ3) is 1.95. The maximum absolute atomic E-state index is 10.5. The van der Waals surface area contributed by atoms with Crippen LogP contribution in [0.2, 0.25) is 5.02 Å². The largest absolute Gasteiger partial charge is 0.303 e. The van der Waals surface area contributed by atoms with Crippen molar-refractivity contribution in [3.8, 4) is 0 Å². The Kier molecular flexibility index (Phi) is 3.20. The van der Waals surface area contributed by atoms with Crippen molar-refractivity contribution in [2.45, 2.75) is 12.8 Å². The van der Waals surface area contributed by atoms with Crippen LogP contribution in [0.4, 0.5) is 0 Å². The fourth-order valence-electron chi connectivity index (χ4n) is 1.08. The van der Waals surface area contributed by atoms with Gasteiger partial charge in [0.1, 0.15) is 6.29 Å². The third-order valence-corrected chi connectivity index (χ3v) is 2.32. The Hall–Kier alpha value is -1.15. The zero-order chi connectivity index (χ0) is 9.84. The number of hydrogen-bond donors (Lipinski definition) is 0. The second-order valence-electron chi connectivity index (χ2n) is 2.79. The van der Waals surface area contributed by atoms with Gasteiger partial charge in [-0.15, -0.1) is 0 Å². The van der Waals surface area contributed by atoms with E-state index in [0.717, 1.165) is 6.29 Å². The van der Waals surface area contributed by atoms with Gasteiger partial charge < -0.3 is 4.79 Å². The minimum Gasteiger partial charge on any atom is -0.303 e. The number of halogens is 1. The van der Waals surface area contributed by atoms with Gasteiger partial charge in [-0.1, -0.05) is 36.7 Å². The fraction of sp³-hybridized carbons (Fsp3) is 0.200. The fourth-order valence-corrected chi connectivity index (χ4v) is 1.43. The highest BCUT2D eigenvalue weighted by Gasteiger charge is 2.10. The van der Waals surface area contributed by atoms with Crippen LogP contribution in [0.1, 0.15) is 28.8 Å². The second kappa shape index (κ2) is 4.19. The van der Waals surface area contributed by atoms with Crippen LogP contribution < -0.4 is 0 Å². The zero-order valence-corrected chi connectivity index (χ0v) is 7.91. The Morgan fingerprint density at radius 3 is 2.62 bits per heavy atom. The van der Waals surface area contributed by atoms with Crippen LogP contribution in [0.3, 0.4) is 0 Å². The molecule has 0 spiro atoms.